The van der Waals surface area contributed by atoms with Crippen molar-refractivity contribution in [2.75, 3.05) is 0 Å². The highest BCUT2D eigenvalue weighted by Crippen LogP contribution is 2.28. The first-order chi connectivity index (χ1) is 9.16. The van der Waals surface area contributed by atoms with E-state index in [-0.39, 0.29) is 5.91 Å². The molecule has 0 aliphatic heterocycles. The zero-order chi connectivity index (χ0) is 13.4. The molecular formula is C17H15NO. The molecule has 1 heterocycles. The van der Waals surface area contributed by atoms with Crippen molar-refractivity contribution in [2.24, 2.45) is 0 Å². The summed E-state index contributed by atoms with van der Waals surface area (Å²) in [6.45, 7) is 3.65. The second kappa shape index (κ2) is 4.39. The molecule has 0 unspecified atom stereocenters. The lowest BCUT2D eigenvalue weighted by atomic mass is 10.1. The summed E-state index contributed by atoms with van der Waals surface area (Å²) in [5.74, 6) is 0.0412. The molecule has 2 aromatic carbocycles. The molecule has 2 heteroatoms. The van der Waals surface area contributed by atoms with Crippen LogP contribution in [0.5, 0.6) is 0 Å². The third kappa shape index (κ3) is 1.95. The van der Waals surface area contributed by atoms with Crippen molar-refractivity contribution in [3.63, 3.8) is 0 Å². The van der Waals surface area contributed by atoms with E-state index in [1.165, 1.54) is 0 Å². The van der Waals surface area contributed by atoms with Gasteiger partial charge in [-0.2, -0.15) is 0 Å². The van der Waals surface area contributed by atoms with E-state index in [0.717, 1.165) is 27.7 Å². The highest BCUT2D eigenvalue weighted by Gasteiger charge is 2.13. The van der Waals surface area contributed by atoms with Crippen molar-refractivity contribution >= 4 is 16.8 Å². The van der Waals surface area contributed by atoms with Gasteiger partial charge in [0, 0.05) is 12.3 Å². The average Bonchev–Trinajstić information content (AvgIpc) is 2.78. The van der Waals surface area contributed by atoms with Gasteiger partial charge in [0.25, 0.3) is 0 Å². The van der Waals surface area contributed by atoms with Crippen molar-refractivity contribution < 1.29 is 4.79 Å². The van der Waals surface area contributed by atoms with Gasteiger partial charge >= 0.3 is 0 Å². The zero-order valence-electron chi connectivity index (χ0n) is 11.1. The number of carbonyl (C=O) groups is 1. The SMILES string of the molecule is CC(=O)n1c(-c2ccccc2)cc2ccc(C)cc21. The van der Waals surface area contributed by atoms with Gasteiger partial charge in [-0.25, -0.2) is 0 Å². The van der Waals surface area contributed by atoms with Crippen molar-refractivity contribution in [3.8, 4) is 11.3 Å². The molecule has 3 rings (SSSR count). The van der Waals surface area contributed by atoms with E-state index in [2.05, 4.69) is 24.3 Å². The Morgan fingerprint density at radius 1 is 1.00 bits per heavy atom. The molecule has 0 amide bonds. The number of aromatic nitrogens is 1. The Morgan fingerprint density at radius 3 is 2.42 bits per heavy atom. The third-order valence-corrected chi connectivity index (χ3v) is 3.34. The minimum absolute atomic E-state index is 0.0412. The van der Waals surface area contributed by atoms with Crippen LogP contribution in [0.1, 0.15) is 17.3 Å². The van der Waals surface area contributed by atoms with Crippen LogP contribution >= 0.6 is 0 Å². The van der Waals surface area contributed by atoms with Gasteiger partial charge in [0.05, 0.1) is 11.2 Å². The molecule has 0 aliphatic rings. The van der Waals surface area contributed by atoms with Crippen molar-refractivity contribution in [2.45, 2.75) is 13.8 Å². The fraction of sp³-hybridized carbons (Fsp3) is 0.118. The Hall–Kier alpha value is -2.35. The van der Waals surface area contributed by atoms with Crippen LogP contribution < -0.4 is 0 Å². The minimum atomic E-state index is 0.0412. The summed E-state index contributed by atoms with van der Waals surface area (Å²) in [6, 6.07) is 18.3. The first-order valence-electron chi connectivity index (χ1n) is 6.35. The molecule has 2 nitrogen and oxygen atoms in total. The number of aryl methyl sites for hydroxylation is 1. The summed E-state index contributed by atoms with van der Waals surface area (Å²) in [5.41, 5.74) is 4.15. The van der Waals surface area contributed by atoms with Crippen LogP contribution in [-0.4, -0.2) is 10.5 Å². The summed E-state index contributed by atoms with van der Waals surface area (Å²) < 4.78 is 1.79. The second-order valence-electron chi connectivity index (χ2n) is 4.81. The molecule has 0 aliphatic carbocycles. The van der Waals surface area contributed by atoms with Gasteiger partial charge in [-0.15, -0.1) is 0 Å². The van der Waals surface area contributed by atoms with Crippen molar-refractivity contribution in [1.29, 1.82) is 0 Å². The third-order valence-electron chi connectivity index (χ3n) is 3.34. The molecule has 0 saturated heterocycles. The van der Waals surface area contributed by atoms with Gasteiger partial charge in [-0.1, -0.05) is 42.5 Å². The van der Waals surface area contributed by atoms with Gasteiger partial charge in [0.15, 0.2) is 0 Å². The Kier molecular flexibility index (Phi) is 2.71. The number of fused-ring (bicyclic) bond motifs is 1. The normalized spacial score (nSPS) is 10.8. The topological polar surface area (TPSA) is 22.0 Å². The van der Waals surface area contributed by atoms with E-state index in [1.54, 1.807) is 11.5 Å². The predicted octanol–water partition coefficient (Wildman–Crippen LogP) is 4.28. The minimum Gasteiger partial charge on any atom is -0.280 e. The molecular weight excluding hydrogens is 234 g/mol. The molecule has 0 bridgehead atoms. The van der Waals surface area contributed by atoms with E-state index in [9.17, 15) is 4.79 Å². The van der Waals surface area contributed by atoms with Crippen LogP contribution in [0.3, 0.4) is 0 Å². The quantitative estimate of drug-likeness (QED) is 0.631. The van der Waals surface area contributed by atoms with Gasteiger partial charge in [-0.05, 0) is 30.2 Å². The molecule has 0 radical (unpaired) electrons. The van der Waals surface area contributed by atoms with Gasteiger partial charge < -0.3 is 0 Å². The van der Waals surface area contributed by atoms with Gasteiger partial charge in [0.2, 0.25) is 5.91 Å². The Morgan fingerprint density at radius 2 is 1.74 bits per heavy atom. The van der Waals surface area contributed by atoms with E-state index >= 15 is 0 Å². The second-order valence-corrected chi connectivity index (χ2v) is 4.81. The number of benzene rings is 2. The summed E-state index contributed by atoms with van der Waals surface area (Å²) in [4.78, 5) is 12.0. The fourth-order valence-electron chi connectivity index (χ4n) is 2.47. The molecule has 1 aromatic heterocycles. The predicted molar refractivity (Wildman–Crippen MR) is 78.4 cm³/mol. The first-order valence-corrected chi connectivity index (χ1v) is 6.35. The molecule has 0 N–H and O–H groups in total. The Balaban J connectivity index is 2.36. The van der Waals surface area contributed by atoms with E-state index in [0.29, 0.717) is 0 Å². The van der Waals surface area contributed by atoms with Gasteiger partial charge in [0.1, 0.15) is 0 Å². The number of hydrogen-bond acceptors (Lipinski definition) is 1. The first kappa shape index (κ1) is 11.7. The van der Waals surface area contributed by atoms with Crippen LogP contribution in [0.15, 0.2) is 54.6 Å². The molecule has 0 fully saturated rings. The lowest BCUT2D eigenvalue weighted by Crippen LogP contribution is -2.06. The van der Waals surface area contributed by atoms with Gasteiger partial charge in [-0.3, -0.25) is 9.36 Å². The lowest BCUT2D eigenvalue weighted by Gasteiger charge is -2.06. The van der Waals surface area contributed by atoms with E-state index in [4.69, 9.17) is 0 Å². The summed E-state index contributed by atoms with van der Waals surface area (Å²) in [5, 5.41) is 1.10. The maximum atomic E-state index is 12.0. The van der Waals surface area contributed by atoms with Crippen LogP contribution in [-0.2, 0) is 0 Å². The number of hydrogen-bond donors (Lipinski definition) is 0. The number of nitrogens with zero attached hydrogens (tertiary/aromatic N) is 1. The summed E-state index contributed by atoms with van der Waals surface area (Å²) in [7, 11) is 0. The molecule has 0 saturated carbocycles. The average molecular weight is 249 g/mol. The summed E-state index contributed by atoms with van der Waals surface area (Å²) in [6.07, 6.45) is 0. The molecule has 94 valence electrons. The summed E-state index contributed by atoms with van der Waals surface area (Å²) >= 11 is 0. The van der Waals surface area contributed by atoms with E-state index < -0.39 is 0 Å². The number of carbonyl (C=O) groups excluding carboxylic acids is 1. The highest BCUT2D eigenvalue weighted by atomic mass is 16.1. The smallest absolute Gasteiger partial charge is 0.228 e. The standard InChI is InChI=1S/C17H15NO/c1-12-8-9-15-11-17(14-6-4-3-5-7-14)18(13(2)19)16(15)10-12/h3-11H,1-2H3. The van der Waals surface area contributed by atoms with Crippen molar-refractivity contribution in [1.82, 2.24) is 4.57 Å². The Labute approximate surface area is 112 Å². The monoisotopic (exact) mass is 249 g/mol. The molecule has 3 aromatic rings. The molecule has 0 spiro atoms. The maximum absolute atomic E-state index is 12.0. The van der Waals surface area contributed by atoms with Crippen LogP contribution in [0.4, 0.5) is 0 Å². The highest BCUT2D eigenvalue weighted by molar-refractivity contribution is 5.97. The van der Waals surface area contributed by atoms with Crippen LogP contribution in [0, 0.1) is 6.92 Å². The Bertz CT molecular complexity index is 754. The van der Waals surface area contributed by atoms with Crippen LogP contribution in [0.25, 0.3) is 22.2 Å². The molecule has 19 heavy (non-hydrogen) atoms. The largest absolute Gasteiger partial charge is 0.280 e. The number of rotatable bonds is 1. The zero-order valence-corrected chi connectivity index (χ0v) is 11.1. The van der Waals surface area contributed by atoms with Crippen molar-refractivity contribution in [3.05, 3.63) is 60.2 Å². The maximum Gasteiger partial charge on any atom is 0.228 e. The fourth-order valence-corrected chi connectivity index (χ4v) is 2.47. The van der Waals surface area contributed by atoms with Crippen LogP contribution in [0.2, 0.25) is 0 Å². The molecule has 0 atom stereocenters. The lowest BCUT2D eigenvalue weighted by molar-refractivity contribution is 0.0943. The van der Waals surface area contributed by atoms with E-state index in [1.807, 2.05) is 37.3 Å².